The van der Waals surface area contributed by atoms with Crippen LogP contribution in [0.3, 0.4) is 0 Å². The fourth-order valence-corrected chi connectivity index (χ4v) is 9.92. The standard InChI is InChI=1S/C34H20I2S4/c35-33-19-17-31(39-33)25-9-5-23(6-10-25)29-15-13-27(37-29)21-1-2-22(4-3-21)28-14-16-30(38-28)24-7-11-26(12-8-24)32-18-20-34(36)40-32/h1-20H. The zero-order valence-electron chi connectivity index (χ0n) is 20.9. The lowest BCUT2D eigenvalue weighted by Gasteiger charge is -2.03. The number of benzene rings is 3. The third-order valence-electron chi connectivity index (χ3n) is 6.72. The molecule has 0 saturated heterocycles. The number of rotatable bonds is 6. The van der Waals surface area contributed by atoms with Crippen LogP contribution in [0, 0.1) is 5.77 Å². The van der Waals surface area contributed by atoms with Crippen molar-refractivity contribution in [3.63, 3.8) is 0 Å². The van der Waals surface area contributed by atoms with Crippen molar-refractivity contribution < 1.29 is 0 Å². The minimum Gasteiger partial charge on any atom is -0.135 e. The van der Waals surface area contributed by atoms with Gasteiger partial charge in [-0.2, -0.15) is 0 Å². The molecule has 0 unspecified atom stereocenters. The second kappa shape index (κ2) is 11.7. The Morgan fingerprint density at radius 2 is 0.450 bits per heavy atom. The Hall–Kier alpha value is -2.08. The summed E-state index contributed by atoms with van der Waals surface area (Å²) in [6.07, 6.45) is 0. The molecule has 0 fully saturated rings. The van der Waals surface area contributed by atoms with Crippen molar-refractivity contribution in [3.8, 4) is 62.6 Å². The molecule has 4 aromatic heterocycles. The molecule has 0 atom stereocenters. The Kier molecular flexibility index (Phi) is 7.81. The first-order valence-corrected chi connectivity index (χ1v) is 18.0. The summed E-state index contributed by atoms with van der Waals surface area (Å²) in [6, 6.07) is 44.7. The van der Waals surface area contributed by atoms with E-state index in [0.717, 1.165) is 0 Å². The monoisotopic (exact) mass is 810 g/mol. The molecule has 0 aliphatic rings. The highest BCUT2D eigenvalue weighted by Crippen LogP contribution is 2.39. The molecule has 0 spiro atoms. The van der Waals surface area contributed by atoms with E-state index in [-0.39, 0.29) is 0 Å². The van der Waals surface area contributed by atoms with Gasteiger partial charge in [0.2, 0.25) is 0 Å². The van der Waals surface area contributed by atoms with Gasteiger partial charge in [0.05, 0.1) is 5.77 Å². The lowest BCUT2D eigenvalue weighted by atomic mass is 10.1. The molecule has 0 aliphatic heterocycles. The molecule has 0 radical (unpaired) electrons. The Morgan fingerprint density at radius 1 is 0.250 bits per heavy atom. The van der Waals surface area contributed by atoms with Gasteiger partial charge in [-0.15, -0.1) is 45.3 Å². The van der Waals surface area contributed by atoms with Gasteiger partial charge in [0, 0.05) is 29.3 Å². The summed E-state index contributed by atoms with van der Waals surface area (Å²) in [5, 5.41) is 0. The summed E-state index contributed by atoms with van der Waals surface area (Å²) >= 11 is 12.1. The molecule has 7 aromatic rings. The van der Waals surface area contributed by atoms with E-state index < -0.39 is 0 Å². The smallest absolute Gasteiger partial charge is 0.0660 e. The van der Waals surface area contributed by atoms with E-state index >= 15 is 0 Å². The Balaban J connectivity index is 1.06. The average Bonchev–Trinajstić information content (AvgIpc) is 3.81. The van der Waals surface area contributed by atoms with Gasteiger partial charge in [-0.1, -0.05) is 72.8 Å². The van der Waals surface area contributed by atoms with Crippen LogP contribution in [0.2, 0.25) is 0 Å². The molecule has 7 rings (SSSR count). The third kappa shape index (κ3) is 5.67. The van der Waals surface area contributed by atoms with Gasteiger partial charge in [0.15, 0.2) is 0 Å². The van der Waals surface area contributed by atoms with Crippen molar-refractivity contribution in [3.05, 3.63) is 127 Å². The van der Waals surface area contributed by atoms with E-state index in [9.17, 15) is 0 Å². The zero-order chi connectivity index (χ0) is 27.1. The highest BCUT2D eigenvalue weighted by molar-refractivity contribution is 14.1. The highest BCUT2D eigenvalue weighted by Gasteiger charge is 2.10. The number of thiophene rings is 4. The van der Waals surface area contributed by atoms with Crippen molar-refractivity contribution in [2.45, 2.75) is 0 Å². The topological polar surface area (TPSA) is 0 Å². The lowest BCUT2D eigenvalue weighted by Crippen LogP contribution is -1.75. The van der Waals surface area contributed by atoms with Crippen molar-refractivity contribution in [1.82, 2.24) is 0 Å². The van der Waals surface area contributed by atoms with Gasteiger partial charge in [-0.25, -0.2) is 0 Å². The highest BCUT2D eigenvalue weighted by atomic mass is 127. The van der Waals surface area contributed by atoms with E-state index in [1.807, 2.05) is 45.3 Å². The van der Waals surface area contributed by atoms with Crippen molar-refractivity contribution in [2.75, 3.05) is 0 Å². The first-order valence-electron chi connectivity index (χ1n) is 12.6. The molecule has 3 aromatic carbocycles. The first-order chi connectivity index (χ1) is 19.6. The van der Waals surface area contributed by atoms with Crippen LogP contribution < -0.4 is 0 Å². The van der Waals surface area contributed by atoms with Crippen LogP contribution in [0.25, 0.3) is 62.6 Å². The van der Waals surface area contributed by atoms with Gasteiger partial charge in [-0.3, -0.25) is 0 Å². The molecule has 0 N–H and O–H groups in total. The van der Waals surface area contributed by atoms with Gasteiger partial charge in [0.25, 0.3) is 0 Å². The third-order valence-corrected chi connectivity index (χ3v) is 13.0. The van der Waals surface area contributed by atoms with Crippen LogP contribution in [-0.2, 0) is 0 Å². The second-order valence-corrected chi connectivity index (χ2v) is 17.4. The quantitative estimate of drug-likeness (QED) is 0.147. The first kappa shape index (κ1) is 26.8. The molecular weight excluding hydrogens is 790 g/mol. The predicted octanol–water partition coefficient (Wildman–Crippen LogP) is 13.1. The van der Waals surface area contributed by atoms with Gasteiger partial charge in [0.1, 0.15) is 0 Å². The zero-order valence-corrected chi connectivity index (χ0v) is 28.5. The Bertz CT molecular complexity index is 1760. The molecule has 0 bridgehead atoms. The van der Waals surface area contributed by atoms with Crippen LogP contribution in [0.1, 0.15) is 0 Å². The van der Waals surface area contributed by atoms with Crippen LogP contribution in [0.5, 0.6) is 0 Å². The predicted molar refractivity (Wildman–Crippen MR) is 196 cm³/mol. The normalized spacial score (nSPS) is 11.2. The molecule has 4 heterocycles. The molecule has 40 heavy (non-hydrogen) atoms. The summed E-state index contributed by atoms with van der Waals surface area (Å²) in [6.45, 7) is 0. The maximum absolute atomic E-state index is 2.38. The summed E-state index contributed by atoms with van der Waals surface area (Å²) in [7, 11) is 0. The van der Waals surface area contributed by atoms with E-state index in [4.69, 9.17) is 0 Å². The van der Waals surface area contributed by atoms with Crippen molar-refractivity contribution >= 4 is 90.5 Å². The Labute approximate surface area is 277 Å². The van der Waals surface area contributed by atoms with Crippen molar-refractivity contribution in [1.29, 1.82) is 0 Å². The second-order valence-electron chi connectivity index (χ2n) is 9.27. The number of hydrogen-bond acceptors (Lipinski definition) is 4. The number of hydrogen-bond donors (Lipinski definition) is 0. The van der Waals surface area contributed by atoms with Crippen LogP contribution in [-0.4, -0.2) is 0 Å². The van der Waals surface area contributed by atoms with Crippen LogP contribution >= 0.6 is 90.5 Å². The molecule has 0 saturated carbocycles. The van der Waals surface area contributed by atoms with Gasteiger partial charge < -0.3 is 0 Å². The van der Waals surface area contributed by atoms with E-state index in [1.54, 1.807) is 0 Å². The van der Waals surface area contributed by atoms with E-state index in [0.29, 0.717) is 0 Å². The fourth-order valence-electron chi connectivity index (χ4n) is 4.63. The summed E-state index contributed by atoms with van der Waals surface area (Å²) in [5.41, 5.74) is 7.64. The molecule has 0 aliphatic carbocycles. The minimum atomic E-state index is 1.26. The average molecular weight is 811 g/mol. The van der Waals surface area contributed by atoms with Crippen LogP contribution in [0.15, 0.2) is 121 Å². The van der Waals surface area contributed by atoms with E-state index in [1.165, 1.54) is 68.4 Å². The maximum Gasteiger partial charge on any atom is 0.0660 e. The lowest BCUT2D eigenvalue weighted by molar-refractivity contribution is 1.68. The van der Waals surface area contributed by atoms with Gasteiger partial charge in [-0.05, 0) is 127 Å². The minimum absolute atomic E-state index is 1.26. The Morgan fingerprint density at radius 3 is 0.650 bits per heavy atom. The SMILES string of the molecule is Ic1ccc(-c2ccc(-c3ccc(-c4ccc(-c5ccc(-c6ccc(-c7ccc(I)s7)cc6)s5)cc4)s3)cc2)s1. The fraction of sp³-hybridized carbons (Fsp3) is 0. The van der Waals surface area contributed by atoms with Crippen LogP contribution in [0.4, 0.5) is 0 Å². The van der Waals surface area contributed by atoms with Gasteiger partial charge >= 0.3 is 0 Å². The largest absolute Gasteiger partial charge is 0.135 e. The van der Waals surface area contributed by atoms with E-state index in [2.05, 4.69) is 167 Å². The molecule has 6 heteroatoms. The van der Waals surface area contributed by atoms with Crippen molar-refractivity contribution in [2.24, 2.45) is 0 Å². The summed E-state index contributed by atoms with van der Waals surface area (Å²) in [4.78, 5) is 7.84. The molecule has 194 valence electrons. The molecule has 0 amide bonds. The molecular formula is C34H20I2S4. The maximum atomic E-state index is 2.38. The summed E-state index contributed by atoms with van der Waals surface area (Å²) < 4.78 is 2.64. The number of halogens is 2. The molecule has 0 nitrogen and oxygen atoms in total. The summed E-state index contributed by atoms with van der Waals surface area (Å²) in [5.74, 6) is 0.